The molecule has 2 rings (SSSR count). The average Bonchev–Trinajstić information content (AvgIpc) is 2.77. The maximum absolute atomic E-state index is 4.35. The summed E-state index contributed by atoms with van der Waals surface area (Å²) in [5.41, 5.74) is 2.76. The molecule has 1 heterocycles. The van der Waals surface area contributed by atoms with Crippen LogP contribution in [0.15, 0.2) is 36.7 Å². The Morgan fingerprint density at radius 2 is 2.00 bits per heavy atom. The Kier molecular flexibility index (Phi) is 5.39. The Balaban J connectivity index is 2.03. The quantitative estimate of drug-likeness (QED) is 0.794. The lowest BCUT2D eigenvalue weighted by atomic mass is 10.0. The second-order valence-corrected chi connectivity index (χ2v) is 6.23. The summed E-state index contributed by atoms with van der Waals surface area (Å²) in [6.07, 6.45) is 5.03. The van der Waals surface area contributed by atoms with Gasteiger partial charge in [-0.05, 0) is 46.7 Å². The molecule has 0 fully saturated rings. The molecule has 0 aliphatic rings. The molecule has 0 bridgehead atoms. The molecule has 4 heteroatoms. The van der Waals surface area contributed by atoms with Crippen LogP contribution in [0.25, 0.3) is 0 Å². The maximum atomic E-state index is 4.35. The number of nitrogens with one attached hydrogen (secondary N) is 1. The van der Waals surface area contributed by atoms with E-state index in [0.717, 1.165) is 19.5 Å². The van der Waals surface area contributed by atoms with Gasteiger partial charge in [-0.1, -0.05) is 38.1 Å². The van der Waals surface area contributed by atoms with E-state index >= 15 is 0 Å². The Labute approximate surface area is 128 Å². The van der Waals surface area contributed by atoms with Gasteiger partial charge in [0.2, 0.25) is 0 Å². The molecule has 0 saturated carbocycles. The number of hydrogen-bond acceptors (Lipinski definition) is 2. The second kappa shape index (κ2) is 7.05. The standard InChI is InChI=1S/C15H20IN3/c1-12(2)17-8-7-13-5-3-4-6-14(13)10-19-11-15(16)9-18-19/h3-6,9,11-12,17H,7-8,10H2,1-2H3. The molecule has 19 heavy (non-hydrogen) atoms. The second-order valence-electron chi connectivity index (χ2n) is 4.98. The molecule has 0 unspecified atom stereocenters. The van der Waals surface area contributed by atoms with Gasteiger partial charge in [-0.15, -0.1) is 0 Å². The Hall–Kier alpha value is -0.880. The van der Waals surface area contributed by atoms with Crippen molar-refractivity contribution in [2.75, 3.05) is 6.54 Å². The summed E-state index contributed by atoms with van der Waals surface area (Å²) in [5.74, 6) is 0. The van der Waals surface area contributed by atoms with Crippen molar-refractivity contribution in [3.05, 3.63) is 51.4 Å². The van der Waals surface area contributed by atoms with Gasteiger partial charge in [-0.25, -0.2) is 0 Å². The molecule has 1 aromatic heterocycles. The monoisotopic (exact) mass is 369 g/mol. The van der Waals surface area contributed by atoms with Crippen molar-refractivity contribution in [3.8, 4) is 0 Å². The van der Waals surface area contributed by atoms with E-state index in [9.17, 15) is 0 Å². The van der Waals surface area contributed by atoms with E-state index < -0.39 is 0 Å². The van der Waals surface area contributed by atoms with E-state index in [1.54, 1.807) is 0 Å². The Morgan fingerprint density at radius 1 is 1.26 bits per heavy atom. The fourth-order valence-electron chi connectivity index (χ4n) is 2.05. The molecule has 1 N–H and O–H groups in total. The number of nitrogens with zero attached hydrogens (tertiary/aromatic N) is 2. The lowest BCUT2D eigenvalue weighted by Gasteiger charge is -2.12. The first-order chi connectivity index (χ1) is 9.15. The van der Waals surface area contributed by atoms with Gasteiger partial charge in [0.05, 0.1) is 16.3 Å². The van der Waals surface area contributed by atoms with Crippen LogP contribution < -0.4 is 5.32 Å². The summed E-state index contributed by atoms with van der Waals surface area (Å²) < 4.78 is 3.17. The predicted octanol–water partition coefficient (Wildman–Crippen LogP) is 3.08. The highest BCUT2D eigenvalue weighted by Crippen LogP contribution is 2.12. The Morgan fingerprint density at radius 3 is 2.63 bits per heavy atom. The van der Waals surface area contributed by atoms with Crippen LogP contribution in [0.4, 0.5) is 0 Å². The normalized spacial score (nSPS) is 11.2. The van der Waals surface area contributed by atoms with Gasteiger partial charge in [0.15, 0.2) is 0 Å². The topological polar surface area (TPSA) is 29.9 Å². The molecule has 2 aromatic rings. The van der Waals surface area contributed by atoms with E-state index in [0.29, 0.717) is 6.04 Å². The van der Waals surface area contributed by atoms with Gasteiger partial charge < -0.3 is 5.32 Å². The van der Waals surface area contributed by atoms with Crippen LogP contribution in [0.1, 0.15) is 25.0 Å². The Bertz CT molecular complexity index is 520. The van der Waals surface area contributed by atoms with Crippen molar-refractivity contribution in [1.82, 2.24) is 15.1 Å². The highest BCUT2D eigenvalue weighted by molar-refractivity contribution is 14.1. The molecule has 102 valence electrons. The molecule has 0 saturated heterocycles. The summed E-state index contributed by atoms with van der Waals surface area (Å²) in [6.45, 7) is 6.22. The summed E-state index contributed by atoms with van der Waals surface area (Å²) >= 11 is 2.29. The van der Waals surface area contributed by atoms with Gasteiger partial charge in [0.1, 0.15) is 0 Å². The molecule has 0 aliphatic carbocycles. The maximum Gasteiger partial charge on any atom is 0.0662 e. The third-order valence-corrected chi connectivity index (χ3v) is 3.56. The average molecular weight is 369 g/mol. The van der Waals surface area contributed by atoms with Gasteiger partial charge in [0, 0.05) is 12.2 Å². The van der Waals surface area contributed by atoms with E-state index in [2.05, 4.69) is 77.3 Å². The molecular formula is C15H20IN3. The largest absolute Gasteiger partial charge is 0.314 e. The van der Waals surface area contributed by atoms with Gasteiger partial charge in [-0.2, -0.15) is 5.10 Å². The fourth-order valence-corrected chi connectivity index (χ4v) is 2.50. The van der Waals surface area contributed by atoms with E-state index in [1.807, 2.05) is 10.9 Å². The molecule has 0 radical (unpaired) electrons. The number of hydrogen-bond donors (Lipinski definition) is 1. The number of aromatic nitrogens is 2. The molecular weight excluding hydrogens is 349 g/mol. The van der Waals surface area contributed by atoms with Crippen molar-refractivity contribution >= 4 is 22.6 Å². The molecule has 1 aromatic carbocycles. The molecule has 0 atom stereocenters. The highest BCUT2D eigenvalue weighted by Gasteiger charge is 2.04. The minimum atomic E-state index is 0.542. The third kappa shape index (κ3) is 4.62. The zero-order chi connectivity index (χ0) is 13.7. The van der Waals surface area contributed by atoms with Gasteiger partial charge >= 0.3 is 0 Å². The number of rotatable bonds is 6. The summed E-state index contributed by atoms with van der Waals surface area (Å²) in [6, 6.07) is 9.16. The zero-order valence-electron chi connectivity index (χ0n) is 11.4. The summed E-state index contributed by atoms with van der Waals surface area (Å²) in [4.78, 5) is 0. The summed E-state index contributed by atoms with van der Waals surface area (Å²) in [5, 5.41) is 7.82. The summed E-state index contributed by atoms with van der Waals surface area (Å²) in [7, 11) is 0. The van der Waals surface area contributed by atoms with E-state index in [-0.39, 0.29) is 0 Å². The molecule has 0 amide bonds. The minimum absolute atomic E-state index is 0.542. The number of benzene rings is 1. The lowest BCUT2D eigenvalue weighted by Crippen LogP contribution is -2.25. The van der Waals surface area contributed by atoms with Crippen molar-refractivity contribution < 1.29 is 0 Å². The van der Waals surface area contributed by atoms with Crippen LogP contribution in [-0.4, -0.2) is 22.4 Å². The SMILES string of the molecule is CC(C)NCCc1ccccc1Cn1cc(I)cn1. The van der Waals surface area contributed by atoms with Crippen LogP contribution >= 0.6 is 22.6 Å². The first kappa shape index (κ1) is 14.5. The van der Waals surface area contributed by atoms with Crippen molar-refractivity contribution in [2.45, 2.75) is 32.9 Å². The van der Waals surface area contributed by atoms with Crippen molar-refractivity contribution in [2.24, 2.45) is 0 Å². The van der Waals surface area contributed by atoms with Crippen molar-refractivity contribution in [1.29, 1.82) is 0 Å². The minimum Gasteiger partial charge on any atom is -0.314 e. The van der Waals surface area contributed by atoms with Crippen LogP contribution in [0.2, 0.25) is 0 Å². The predicted molar refractivity (Wildman–Crippen MR) is 87.3 cm³/mol. The van der Waals surface area contributed by atoms with E-state index in [4.69, 9.17) is 0 Å². The van der Waals surface area contributed by atoms with Gasteiger partial charge in [-0.3, -0.25) is 4.68 Å². The van der Waals surface area contributed by atoms with Crippen LogP contribution in [-0.2, 0) is 13.0 Å². The molecule has 0 spiro atoms. The van der Waals surface area contributed by atoms with Crippen molar-refractivity contribution in [3.63, 3.8) is 0 Å². The van der Waals surface area contributed by atoms with E-state index in [1.165, 1.54) is 14.7 Å². The smallest absolute Gasteiger partial charge is 0.0662 e. The number of halogens is 1. The molecule has 0 aliphatic heterocycles. The zero-order valence-corrected chi connectivity index (χ0v) is 13.6. The van der Waals surface area contributed by atoms with Crippen LogP contribution in [0, 0.1) is 3.57 Å². The first-order valence-electron chi connectivity index (χ1n) is 6.63. The first-order valence-corrected chi connectivity index (χ1v) is 7.71. The lowest BCUT2D eigenvalue weighted by molar-refractivity contribution is 0.587. The van der Waals surface area contributed by atoms with Crippen LogP contribution in [0.5, 0.6) is 0 Å². The fraction of sp³-hybridized carbons (Fsp3) is 0.400. The van der Waals surface area contributed by atoms with Crippen LogP contribution in [0.3, 0.4) is 0 Å². The highest BCUT2D eigenvalue weighted by atomic mass is 127. The van der Waals surface area contributed by atoms with Gasteiger partial charge in [0.25, 0.3) is 0 Å². The molecule has 3 nitrogen and oxygen atoms in total. The third-order valence-electron chi connectivity index (χ3n) is 3.00.